The minimum absolute atomic E-state index is 0.234. The van der Waals surface area contributed by atoms with Crippen molar-refractivity contribution < 1.29 is 54.3 Å². The van der Waals surface area contributed by atoms with E-state index < -0.39 is 68.0 Å². The van der Waals surface area contributed by atoms with Crippen LogP contribution in [0.15, 0.2) is 0 Å². The molecule has 32 heavy (non-hydrogen) atoms. The third-order valence-electron chi connectivity index (χ3n) is 5.97. The Hall–Kier alpha value is -0.440. The van der Waals surface area contributed by atoms with Crippen LogP contribution in [-0.2, 0) is 23.7 Å². The van der Waals surface area contributed by atoms with E-state index in [-0.39, 0.29) is 6.61 Å². The van der Waals surface area contributed by atoms with Gasteiger partial charge in [0.1, 0.15) is 48.8 Å². The van der Waals surface area contributed by atoms with E-state index in [9.17, 15) is 30.6 Å². The topological polar surface area (TPSA) is 168 Å². The number of methoxy groups -OCH3 is 1. The predicted molar refractivity (Wildman–Crippen MR) is 111 cm³/mol. The van der Waals surface area contributed by atoms with E-state index in [1.807, 2.05) is 0 Å². The van der Waals surface area contributed by atoms with Crippen molar-refractivity contribution in [1.29, 1.82) is 0 Å². The van der Waals surface area contributed by atoms with Gasteiger partial charge in [0, 0.05) is 13.7 Å². The summed E-state index contributed by atoms with van der Waals surface area (Å²) in [5, 5.41) is 59.9. The first-order valence-corrected chi connectivity index (χ1v) is 11.4. The van der Waals surface area contributed by atoms with Crippen LogP contribution in [0.2, 0.25) is 0 Å². The average molecular weight is 469 g/mol. The molecule has 2 aliphatic heterocycles. The second-order valence-corrected chi connectivity index (χ2v) is 8.39. The molecule has 2 saturated heterocycles. The van der Waals surface area contributed by atoms with Crippen molar-refractivity contribution in [3.8, 4) is 0 Å². The zero-order chi connectivity index (χ0) is 23.7. The van der Waals surface area contributed by atoms with E-state index in [4.69, 9.17) is 23.7 Å². The minimum atomic E-state index is -1.57. The summed E-state index contributed by atoms with van der Waals surface area (Å²) in [6.45, 7) is 1.70. The lowest BCUT2D eigenvalue weighted by atomic mass is 9.98. The van der Waals surface area contributed by atoms with E-state index in [2.05, 4.69) is 6.92 Å². The highest BCUT2D eigenvalue weighted by atomic mass is 16.7. The van der Waals surface area contributed by atoms with E-state index in [1.165, 1.54) is 26.4 Å². The van der Waals surface area contributed by atoms with Crippen LogP contribution in [-0.4, -0.2) is 119 Å². The Labute approximate surface area is 188 Å². The third-order valence-corrected chi connectivity index (χ3v) is 5.97. The van der Waals surface area contributed by atoms with Crippen molar-refractivity contribution >= 4 is 0 Å². The van der Waals surface area contributed by atoms with Gasteiger partial charge < -0.3 is 54.3 Å². The van der Waals surface area contributed by atoms with Crippen LogP contribution in [0.3, 0.4) is 0 Å². The molecular weight excluding hydrogens is 428 g/mol. The molecule has 2 aliphatic rings. The van der Waals surface area contributed by atoms with Crippen molar-refractivity contribution in [2.75, 3.05) is 26.9 Å². The second kappa shape index (κ2) is 14.1. The van der Waals surface area contributed by atoms with Gasteiger partial charge in [-0.05, 0) is 6.42 Å². The molecule has 10 atom stereocenters. The molecule has 11 nitrogen and oxygen atoms in total. The molecule has 190 valence electrons. The van der Waals surface area contributed by atoms with E-state index >= 15 is 0 Å². The Morgan fingerprint density at radius 3 is 1.94 bits per heavy atom. The van der Waals surface area contributed by atoms with Crippen LogP contribution in [0.25, 0.3) is 0 Å². The van der Waals surface area contributed by atoms with Crippen LogP contribution >= 0.6 is 0 Å². The van der Waals surface area contributed by atoms with Gasteiger partial charge in [-0.3, -0.25) is 0 Å². The lowest BCUT2D eigenvalue weighted by Crippen LogP contribution is -2.62. The summed E-state index contributed by atoms with van der Waals surface area (Å²) < 4.78 is 27.5. The summed E-state index contributed by atoms with van der Waals surface area (Å²) in [5.41, 5.74) is 0. The number of aliphatic hydroxyl groups excluding tert-OH is 6. The third kappa shape index (κ3) is 7.28. The maximum Gasteiger partial charge on any atom is 0.186 e. The first-order valence-electron chi connectivity index (χ1n) is 11.4. The molecule has 0 unspecified atom stereocenters. The maximum atomic E-state index is 10.4. The summed E-state index contributed by atoms with van der Waals surface area (Å²) in [6, 6.07) is 0. The Morgan fingerprint density at radius 2 is 1.28 bits per heavy atom. The van der Waals surface area contributed by atoms with Crippen molar-refractivity contribution in [2.24, 2.45) is 0 Å². The zero-order valence-corrected chi connectivity index (χ0v) is 18.9. The predicted octanol–water partition coefficient (Wildman–Crippen LogP) is -1.36. The van der Waals surface area contributed by atoms with Crippen LogP contribution in [0.5, 0.6) is 0 Å². The van der Waals surface area contributed by atoms with Gasteiger partial charge in [0.25, 0.3) is 0 Å². The fourth-order valence-electron chi connectivity index (χ4n) is 3.95. The van der Waals surface area contributed by atoms with Crippen LogP contribution in [0.4, 0.5) is 0 Å². The molecule has 0 aromatic carbocycles. The molecule has 0 spiro atoms. The normalized spacial score (nSPS) is 40.5. The zero-order valence-electron chi connectivity index (χ0n) is 18.9. The molecule has 11 heteroatoms. The standard InChI is InChI=1S/C21H40O11/c1-3-4-5-6-7-8-9-29-20-18(27)16(25)19(28-2)13(32-20)11-30-21-17(26)15(24)14(23)12(10-22)31-21/h12-27H,3-11H2,1-2H3/t12-,13-,14-,15+,16-,17+,18+,19-,20+,21+/m1/s1. The molecule has 0 aromatic heterocycles. The van der Waals surface area contributed by atoms with Gasteiger partial charge in [-0.25, -0.2) is 0 Å². The SMILES string of the molecule is CCCCCCCCO[C@H]1O[C@H](CO[C@H]2O[C@H](CO)[C@@H](O)[C@H](O)[C@@H]2O)[C@@H](OC)[C@H](O)[C@@H]1O. The summed E-state index contributed by atoms with van der Waals surface area (Å²) >= 11 is 0. The van der Waals surface area contributed by atoms with E-state index in [0.717, 1.165) is 19.3 Å². The summed E-state index contributed by atoms with van der Waals surface area (Å²) in [6.07, 6.45) is -6.16. The first-order chi connectivity index (χ1) is 15.3. The summed E-state index contributed by atoms with van der Waals surface area (Å²) in [7, 11) is 1.35. The Morgan fingerprint density at radius 1 is 0.688 bits per heavy atom. The van der Waals surface area contributed by atoms with Crippen molar-refractivity contribution in [1.82, 2.24) is 0 Å². The molecule has 2 heterocycles. The molecule has 0 aromatic rings. The Kier molecular flexibility index (Phi) is 12.2. The number of ether oxygens (including phenoxy) is 5. The van der Waals surface area contributed by atoms with Gasteiger partial charge in [0.15, 0.2) is 12.6 Å². The molecule has 0 aliphatic carbocycles. The Bertz CT molecular complexity index is 508. The van der Waals surface area contributed by atoms with Gasteiger partial charge in [-0.1, -0.05) is 39.0 Å². The van der Waals surface area contributed by atoms with Gasteiger partial charge in [0.05, 0.1) is 13.2 Å². The molecule has 0 saturated carbocycles. The molecule has 0 radical (unpaired) electrons. The largest absolute Gasteiger partial charge is 0.394 e. The summed E-state index contributed by atoms with van der Waals surface area (Å²) in [5.74, 6) is 0. The number of rotatable bonds is 13. The smallest absolute Gasteiger partial charge is 0.186 e. The van der Waals surface area contributed by atoms with E-state index in [1.54, 1.807) is 0 Å². The highest BCUT2D eigenvalue weighted by molar-refractivity contribution is 4.92. The molecule has 0 amide bonds. The quantitative estimate of drug-likeness (QED) is 0.177. The summed E-state index contributed by atoms with van der Waals surface area (Å²) in [4.78, 5) is 0. The van der Waals surface area contributed by atoms with Crippen LogP contribution < -0.4 is 0 Å². The van der Waals surface area contributed by atoms with Gasteiger partial charge >= 0.3 is 0 Å². The van der Waals surface area contributed by atoms with Crippen LogP contribution in [0.1, 0.15) is 45.4 Å². The van der Waals surface area contributed by atoms with Crippen molar-refractivity contribution in [2.45, 2.75) is 107 Å². The van der Waals surface area contributed by atoms with Gasteiger partial charge in [0.2, 0.25) is 0 Å². The van der Waals surface area contributed by atoms with Crippen molar-refractivity contribution in [3.05, 3.63) is 0 Å². The monoisotopic (exact) mass is 468 g/mol. The first kappa shape index (κ1) is 27.8. The number of aliphatic hydroxyl groups is 6. The van der Waals surface area contributed by atoms with E-state index in [0.29, 0.717) is 6.61 Å². The van der Waals surface area contributed by atoms with Gasteiger partial charge in [-0.15, -0.1) is 0 Å². The van der Waals surface area contributed by atoms with Crippen molar-refractivity contribution in [3.63, 3.8) is 0 Å². The number of hydrogen-bond donors (Lipinski definition) is 6. The number of hydrogen-bond acceptors (Lipinski definition) is 11. The second-order valence-electron chi connectivity index (χ2n) is 8.39. The molecule has 2 rings (SSSR count). The lowest BCUT2D eigenvalue weighted by Gasteiger charge is -2.43. The maximum absolute atomic E-state index is 10.4. The van der Waals surface area contributed by atoms with Gasteiger partial charge in [-0.2, -0.15) is 0 Å². The number of unbranched alkanes of at least 4 members (excludes halogenated alkanes) is 5. The molecule has 0 bridgehead atoms. The molecule has 2 fully saturated rings. The lowest BCUT2D eigenvalue weighted by molar-refractivity contribution is -0.332. The average Bonchev–Trinajstić information content (AvgIpc) is 2.79. The van der Waals surface area contributed by atoms with Crippen LogP contribution in [0, 0.1) is 0 Å². The Balaban J connectivity index is 1.88. The fraction of sp³-hybridized carbons (Fsp3) is 1.00. The highest BCUT2D eigenvalue weighted by Gasteiger charge is 2.48. The minimum Gasteiger partial charge on any atom is -0.394 e. The molecular formula is C21H40O11. The highest BCUT2D eigenvalue weighted by Crippen LogP contribution is 2.27. The molecule has 6 N–H and O–H groups in total. The fourth-order valence-corrected chi connectivity index (χ4v) is 3.95.